The normalized spacial score (nSPS) is 11.8. The maximum Gasteiger partial charge on any atom is 0.296 e. The predicted molar refractivity (Wildman–Crippen MR) is 72.6 cm³/mol. The third-order valence-corrected chi connectivity index (χ3v) is 2.65. The van der Waals surface area contributed by atoms with E-state index in [2.05, 4.69) is 5.32 Å². The van der Waals surface area contributed by atoms with Gasteiger partial charge in [-0.1, -0.05) is 0 Å². The van der Waals surface area contributed by atoms with Gasteiger partial charge < -0.3 is 24.6 Å². The number of nitrogens with zero attached hydrogens (tertiary/aromatic N) is 1. The molecular weight excluding hydrogens is 268 g/mol. The molecule has 1 unspecified atom stereocenters. The van der Waals surface area contributed by atoms with Gasteiger partial charge in [-0.2, -0.15) is 0 Å². The Bertz CT molecular complexity index is 466. The Kier molecular flexibility index (Phi) is 6.01. The molecular formula is C12H18N2O6. The number of nitro groups is 1. The van der Waals surface area contributed by atoms with Crippen LogP contribution in [0.15, 0.2) is 12.1 Å². The van der Waals surface area contributed by atoms with Crippen molar-refractivity contribution in [2.75, 3.05) is 39.9 Å². The average molecular weight is 286 g/mol. The fourth-order valence-electron chi connectivity index (χ4n) is 1.70. The molecule has 0 heterocycles. The summed E-state index contributed by atoms with van der Waals surface area (Å²) < 4.78 is 15.1. The Labute approximate surface area is 116 Å². The summed E-state index contributed by atoms with van der Waals surface area (Å²) in [5.41, 5.74) is 0.0564. The largest absolute Gasteiger partial charge is 0.493 e. The minimum Gasteiger partial charge on any atom is -0.493 e. The van der Waals surface area contributed by atoms with Crippen molar-refractivity contribution in [3.05, 3.63) is 22.2 Å². The third kappa shape index (κ3) is 3.72. The van der Waals surface area contributed by atoms with E-state index in [0.717, 1.165) is 0 Å². The van der Waals surface area contributed by atoms with E-state index in [9.17, 15) is 15.2 Å². The molecule has 20 heavy (non-hydrogen) atoms. The number of benzene rings is 1. The van der Waals surface area contributed by atoms with Crippen LogP contribution in [-0.4, -0.2) is 50.6 Å². The van der Waals surface area contributed by atoms with Crippen molar-refractivity contribution >= 4 is 11.4 Å². The predicted octanol–water partition coefficient (Wildman–Crippen LogP) is 1.03. The molecule has 112 valence electrons. The number of nitrogens with one attached hydrogen (secondary N) is 1. The summed E-state index contributed by atoms with van der Waals surface area (Å²) >= 11 is 0. The van der Waals surface area contributed by atoms with Gasteiger partial charge in [-0.15, -0.1) is 0 Å². The van der Waals surface area contributed by atoms with Gasteiger partial charge in [-0.3, -0.25) is 10.1 Å². The zero-order chi connectivity index (χ0) is 15.1. The molecule has 0 saturated heterocycles. The number of methoxy groups -OCH3 is 3. The van der Waals surface area contributed by atoms with E-state index in [0.29, 0.717) is 5.75 Å². The minimum absolute atomic E-state index is 0.169. The monoisotopic (exact) mass is 286 g/mol. The van der Waals surface area contributed by atoms with Crippen LogP contribution in [-0.2, 0) is 4.74 Å². The smallest absolute Gasteiger partial charge is 0.296 e. The lowest BCUT2D eigenvalue weighted by Crippen LogP contribution is -2.29. The zero-order valence-corrected chi connectivity index (χ0v) is 11.6. The van der Waals surface area contributed by atoms with Gasteiger partial charge in [0.2, 0.25) is 0 Å². The highest BCUT2D eigenvalue weighted by atomic mass is 16.6. The number of aliphatic hydroxyl groups excluding tert-OH is 1. The molecule has 0 bridgehead atoms. The Hall–Kier alpha value is -2.06. The standard InChI is InChI=1S/C12H18N2O6/c1-18-7-8(6-15)13-9-4-11(19-2)12(20-3)5-10(9)14(16)17/h4-5,8,13,15H,6-7H2,1-3H3. The number of nitro benzene ring substituents is 1. The van der Waals surface area contributed by atoms with Crippen molar-refractivity contribution in [1.29, 1.82) is 0 Å². The second kappa shape index (κ2) is 7.51. The van der Waals surface area contributed by atoms with Crippen molar-refractivity contribution in [1.82, 2.24) is 0 Å². The van der Waals surface area contributed by atoms with Gasteiger partial charge in [0, 0.05) is 13.2 Å². The maximum atomic E-state index is 11.1. The summed E-state index contributed by atoms with van der Waals surface area (Å²) in [6.45, 7) is -0.0126. The first-order valence-corrected chi connectivity index (χ1v) is 5.84. The summed E-state index contributed by atoms with van der Waals surface area (Å²) in [5, 5.41) is 23.2. The molecule has 1 aromatic carbocycles. The van der Waals surface area contributed by atoms with Gasteiger partial charge in [-0.25, -0.2) is 0 Å². The van der Waals surface area contributed by atoms with Gasteiger partial charge in [0.25, 0.3) is 5.69 Å². The number of rotatable bonds is 8. The third-order valence-electron chi connectivity index (χ3n) is 2.65. The van der Waals surface area contributed by atoms with E-state index in [-0.39, 0.29) is 30.3 Å². The molecule has 0 amide bonds. The van der Waals surface area contributed by atoms with Crippen molar-refractivity contribution in [3.8, 4) is 11.5 Å². The van der Waals surface area contributed by atoms with E-state index in [1.807, 2.05) is 0 Å². The number of aliphatic hydroxyl groups is 1. The topological polar surface area (TPSA) is 103 Å². The highest BCUT2D eigenvalue weighted by Crippen LogP contribution is 2.37. The molecule has 8 nitrogen and oxygen atoms in total. The van der Waals surface area contributed by atoms with Crippen LogP contribution in [0.4, 0.5) is 11.4 Å². The van der Waals surface area contributed by atoms with Crippen LogP contribution in [0.3, 0.4) is 0 Å². The summed E-state index contributed by atoms with van der Waals surface area (Å²) in [6, 6.07) is 2.26. The molecule has 0 aliphatic rings. The number of hydrogen-bond donors (Lipinski definition) is 2. The summed E-state index contributed by atoms with van der Waals surface area (Å²) in [6.07, 6.45) is 0. The summed E-state index contributed by atoms with van der Waals surface area (Å²) in [4.78, 5) is 10.6. The van der Waals surface area contributed by atoms with Gasteiger partial charge in [-0.05, 0) is 0 Å². The first kappa shape index (κ1) is 16.0. The molecule has 1 aromatic rings. The second-order valence-electron chi connectivity index (χ2n) is 3.96. The average Bonchev–Trinajstić information content (AvgIpc) is 2.45. The molecule has 1 rings (SSSR count). The summed E-state index contributed by atoms with van der Waals surface area (Å²) in [5.74, 6) is 0.617. The molecule has 0 saturated carbocycles. The molecule has 0 fully saturated rings. The van der Waals surface area contributed by atoms with Crippen molar-refractivity contribution in [2.24, 2.45) is 0 Å². The first-order valence-electron chi connectivity index (χ1n) is 5.84. The van der Waals surface area contributed by atoms with E-state index < -0.39 is 11.0 Å². The Balaban J connectivity index is 3.18. The molecule has 0 radical (unpaired) electrons. The van der Waals surface area contributed by atoms with Crippen LogP contribution >= 0.6 is 0 Å². The van der Waals surface area contributed by atoms with Gasteiger partial charge >= 0.3 is 0 Å². The minimum atomic E-state index is -0.536. The molecule has 2 N–H and O–H groups in total. The quantitative estimate of drug-likeness (QED) is 0.543. The van der Waals surface area contributed by atoms with Crippen LogP contribution in [0.2, 0.25) is 0 Å². The summed E-state index contributed by atoms with van der Waals surface area (Å²) in [7, 11) is 4.32. The molecule has 0 spiro atoms. The number of anilines is 1. The highest BCUT2D eigenvalue weighted by molar-refractivity contribution is 5.68. The van der Waals surface area contributed by atoms with Crippen LogP contribution in [0.5, 0.6) is 11.5 Å². The van der Waals surface area contributed by atoms with Crippen LogP contribution in [0.1, 0.15) is 0 Å². The van der Waals surface area contributed by atoms with E-state index in [1.165, 1.54) is 33.5 Å². The lowest BCUT2D eigenvalue weighted by molar-refractivity contribution is -0.384. The molecule has 0 aliphatic heterocycles. The Morgan fingerprint density at radius 1 is 1.30 bits per heavy atom. The number of hydrogen-bond acceptors (Lipinski definition) is 7. The maximum absolute atomic E-state index is 11.1. The fourth-order valence-corrected chi connectivity index (χ4v) is 1.70. The van der Waals surface area contributed by atoms with Crippen molar-refractivity contribution in [3.63, 3.8) is 0 Å². The number of ether oxygens (including phenoxy) is 3. The molecule has 8 heteroatoms. The van der Waals surface area contributed by atoms with Gasteiger partial charge in [0.15, 0.2) is 11.5 Å². The Morgan fingerprint density at radius 3 is 2.35 bits per heavy atom. The Morgan fingerprint density at radius 2 is 1.90 bits per heavy atom. The highest BCUT2D eigenvalue weighted by Gasteiger charge is 2.21. The van der Waals surface area contributed by atoms with E-state index in [4.69, 9.17) is 14.2 Å². The molecule has 0 aliphatic carbocycles. The fraction of sp³-hybridized carbons (Fsp3) is 0.500. The molecule has 1 atom stereocenters. The van der Waals surface area contributed by atoms with E-state index >= 15 is 0 Å². The van der Waals surface area contributed by atoms with Crippen LogP contribution in [0.25, 0.3) is 0 Å². The van der Waals surface area contributed by atoms with Crippen molar-refractivity contribution in [2.45, 2.75) is 6.04 Å². The lowest BCUT2D eigenvalue weighted by atomic mass is 10.2. The first-order chi connectivity index (χ1) is 9.57. The molecule has 0 aromatic heterocycles. The van der Waals surface area contributed by atoms with Gasteiger partial charge in [0.1, 0.15) is 5.69 Å². The van der Waals surface area contributed by atoms with Gasteiger partial charge in [0.05, 0.1) is 44.5 Å². The zero-order valence-electron chi connectivity index (χ0n) is 11.6. The SMILES string of the molecule is COCC(CO)Nc1cc(OC)c(OC)cc1[N+](=O)[O-]. The van der Waals surface area contributed by atoms with Crippen LogP contribution in [0, 0.1) is 10.1 Å². The lowest BCUT2D eigenvalue weighted by Gasteiger charge is -2.18. The van der Waals surface area contributed by atoms with Crippen LogP contribution < -0.4 is 14.8 Å². The van der Waals surface area contributed by atoms with Crippen molar-refractivity contribution < 1.29 is 24.2 Å². The second-order valence-corrected chi connectivity index (χ2v) is 3.96. The van der Waals surface area contributed by atoms with E-state index in [1.54, 1.807) is 0 Å².